The number of anilines is 1. The molecular formula is C15H11ClN3OS+. The van der Waals surface area contributed by atoms with Gasteiger partial charge in [-0.2, -0.15) is 0 Å². The van der Waals surface area contributed by atoms with Crippen LogP contribution in [-0.2, 0) is 15.9 Å². The summed E-state index contributed by atoms with van der Waals surface area (Å²) in [5.41, 5.74) is 6.50. The number of nitrogen functional groups attached to an aromatic ring is 1. The van der Waals surface area contributed by atoms with Gasteiger partial charge in [0.25, 0.3) is 0 Å². The molecule has 0 aliphatic carbocycles. The van der Waals surface area contributed by atoms with Gasteiger partial charge < -0.3 is 5.73 Å². The molecule has 1 heterocycles. The largest absolute Gasteiger partial charge is 0.475 e. The molecule has 104 valence electrons. The molecule has 6 heteroatoms. The van der Waals surface area contributed by atoms with Crippen LogP contribution in [0.3, 0.4) is 0 Å². The molecule has 1 aromatic heterocycles. The Balaban J connectivity index is 2.11. The highest BCUT2D eigenvalue weighted by Crippen LogP contribution is 2.26. The van der Waals surface area contributed by atoms with Crippen molar-refractivity contribution in [2.45, 2.75) is 5.25 Å². The van der Waals surface area contributed by atoms with Gasteiger partial charge in [-0.05, 0) is 16.8 Å². The molecule has 21 heavy (non-hydrogen) atoms. The Morgan fingerprint density at radius 2 is 1.81 bits per heavy atom. The van der Waals surface area contributed by atoms with Crippen molar-refractivity contribution in [2.24, 2.45) is 0 Å². The summed E-state index contributed by atoms with van der Waals surface area (Å²) in [6.45, 7) is 0. The van der Waals surface area contributed by atoms with Gasteiger partial charge in [0, 0.05) is 15.8 Å². The number of halogens is 1. The molecule has 0 bridgehead atoms. The smallest absolute Gasteiger partial charge is 0.384 e. The van der Waals surface area contributed by atoms with Crippen molar-refractivity contribution in [2.75, 3.05) is 5.73 Å². The molecular weight excluding hydrogens is 306 g/mol. The average Bonchev–Trinajstić information content (AvgIpc) is 2.47. The number of nitrogens with two attached hydrogens (primary N) is 1. The molecule has 0 saturated carbocycles. The lowest BCUT2D eigenvalue weighted by Crippen LogP contribution is -2.07. The predicted octanol–water partition coefficient (Wildman–Crippen LogP) is 3.38. The molecule has 1 unspecified atom stereocenters. The van der Waals surface area contributed by atoms with E-state index in [0.717, 1.165) is 16.3 Å². The summed E-state index contributed by atoms with van der Waals surface area (Å²) in [6, 6.07) is 15.2. The minimum absolute atomic E-state index is 0.234. The van der Waals surface area contributed by atoms with Gasteiger partial charge in [-0.3, -0.25) is 0 Å². The van der Waals surface area contributed by atoms with Crippen LogP contribution in [0.1, 0.15) is 16.6 Å². The molecule has 2 N–H and O–H groups in total. The molecule has 0 spiro atoms. The Bertz CT molecular complexity index is 805. The van der Waals surface area contributed by atoms with Crippen LogP contribution in [0.5, 0.6) is 0 Å². The minimum Gasteiger partial charge on any atom is -0.384 e. The third-order valence-corrected chi connectivity index (χ3v) is 4.01. The Morgan fingerprint density at radius 3 is 2.52 bits per heavy atom. The van der Waals surface area contributed by atoms with Crippen LogP contribution in [0, 0.1) is 0 Å². The molecule has 3 aromatic rings. The highest BCUT2D eigenvalue weighted by Gasteiger charge is 2.30. The summed E-state index contributed by atoms with van der Waals surface area (Å²) < 4.78 is 11.5. The fourth-order valence-electron chi connectivity index (χ4n) is 2.19. The zero-order valence-corrected chi connectivity index (χ0v) is 12.4. The monoisotopic (exact) mass is 316 g/mol. The summed E-state index contributed by atoms with van der Waals surface area (Å²) in [5, 5.41) is 1.86. The van der Waals surface area contributed by atoms with Crippen LogP contribution >= 0.6 is 11.6 Å². The highest BCUT2D eigenvalue weighted by molar-refractivity contribution is 7.66. The van der Waals surface area contributed by atoms with E-state index in [9.17, 15) is 4.21 Å². The van der Waals surface area contributed by atoms with E-state index in [-0.39, 0.29) is 11.0 Å². The van der Waals surface area contributed by atoms with Gasteiger partial charge in [0.2, 0.25) is 5.82 Å². The molecule has 0 aliphatic heterocycles. The van der Waals surface area contributed by atoms with Gasteiger partial charge in [0.1, 0.15) is 11.0 Å². The fourth-order valence-corrected chi connectivity index (χ4v) is 2.84. The zero-order valence-electron chi connectivity index (χ0n) is 10.9. The van der Waals surface area contributed by atoms with Crippen molar-refractivity contribution < 1.29 is 4.21 Å². The quantitative estimate of drug-likeness (QED) is 0.594. The minimum atomic E-state index is -0.546. The van der Waals surface area contributed by atoms with Crippen LogP contribution in [0.15, 0.2) is 48.5 Å². The lowest BCUT2D eigenvalue weighted by atomic mass is 10.0. The van der Waals surface area contributed by atoms with Crippen molar-refractivity contribution >= 4 is 39.9 Å². The first-order chi connectivity index (χ1) is 10.2. The van der Waals surface area contributed by atoms with Crippen molar-refractivity contribution in [3.05, 3.63) is 65.1 Å². The summed E-state index contributed by atoms with van der Waals surface area (Å²) >= 11 is 6.30. The lowest BCUT2D eigenvalue weighted by Gasteiger charge is -2.04. The topological polar surface area (TPSA) is 68.9 Å². The number of aromatic nitrogens is 2. The maximum Gasteiger partial charge on any atom is 0.475 e. The van der Waals surface area contributed by atoms with Crippen LogP contribution < -0.4 is 5.73 Å². The van der Waals surface area contributed by atoms with Gasteiger partial charge in [0.05, 0.1) is 0 Å². The van der Waals surface area contributed by atoms with Crippen LogP contribution in [0.4, 0.5) is 5.82 Å². The molecule has 0 saturated heterocycles. The second kappa shape index (κ2) is 5.71. The number of hydrogen-bond acceptors (Lipinski definition) is 4. The Morgan fingerprint density at radius 1 is 1.05 bits per heavy atom. The number of benzene rings is 2. The lowest BCUT2D eigenvalue weighted by molar-refractivity contribution is 0.600. The maximum atomic E-state index is 11.5. The van der Waals surface area contributed by atoms with E-state index in [0.29, 0.717) is 17.5 Å². The molecule has 0 amide bonds. The summed E-state index contributed by atoms with van der Waals surface area (Å²) in [6.07, 6.45) is 0. The van der Waals surface area contributed by atoms with Crippen molar-refractivity contribution in [1.82, 2.24) is 9.97 Å². The molecule has 4 nitrogen and oxygen atoms in total. The third kappa shape index (κ3) is 2.84. The normalized spacial score (nSPS) is 12.2. The van der Waals surface area contributed by atoms with Gasteiger partial charge in [-0.15, -0.1) is 0 Å². The fraction of sp³-hybridized carbons (Fsp3) is 0.0667. The van der Waals surface area contributed by atoms with Gasteiger partial charge in [0.15, 0.2) is 0 Å². The second-order valence-corrected chi connectivity index (χ2v) is 5.61. The second-order valence-electron chi connectivity index (χ2n) is 4.56. The molecule has 3 rings (SSSR count). The van der Waals surface area contributed by atoms with Crippen LogP contribution in [0.2, 0.25) is 5.15 Å². The molecule has 2 aromatic carbocycles. The summed E-state index contributed by atoms with van der Waals surface area (Å²) in [7, 11) is 0. The van der Waals surface area contributed by atoms with Gasteiger partial charge in [-0.1, -0.05) is 48.0 Å². The van der Waals surface area contributed by atoms with E-state index in [2.05, 4.69) is 9.97 Å². The molecule has 0 radical (unpaired) electrons. The van der Waals surface area contributed by atoms with Gasteiger partial charge >= 0.3 is 16.9 Å². The van der Waals surface area contributed by atoms with Crippen LogP contribution in [0.25, 0.3) is 10.8 Å². The molecule has 0 aliphatic rings. The summed E-state index contributed by atoms with van der Waals surface area (Å²) in [4.78, 5) is 8.24. The molecule has 1 atom stereocenters. The molecule has 0 fully saturated rings. The van der Waals surface area contributed by atoms with Crippen LogP contribution in [-0.4, -0.2) is 9.97 Å². The Hall–Kier alpha value is -2.11. The first kappa shape index (κ1) is 13.9. The SMILES string of the molecule is Nc1cc(Cl)nc(C([S+]=O)c2ccc3ccccc3c2)n1. The third-order valence-electron chi connectivity index (χ3n) is 3.14. The van der Waals surface area contributed by atoms with E-state index in [1.54, 1.807) is 0 Å². The van der Waals surface area contributed by atoms with E-state index in [1.165, 1.54) is 6.07 Å². The number of fused-ring (bicyclic) bond motifs is 1. The predicted molar refractivity (Wildman–Crippen MR) is 85.3 cm³/mol. The average molecular weight is 317 g/mol. The Kier molecular flexibility index (Phi) is 3.77. The first-order valence-corrected chi connectivity index (χ1v) is 7.43. The van der Waals surface area contributed by atoms with E-state index in [1.807, 2.05) is 42.5 Å². The first-order valence-electron chi connectivity index (χ1n) is 6.24. The zero-order chi connectivity index (χ0) is 14.8. The number of nitrogens with zero attached hydrogens (tertiary/aromatic N) is 2. The van der Waals surface area contributed by atoms with Gasteiger partial charge in [-0.25, -0.2) is 9.97 Å². The summed E-state index contributed by atoms with van der Waals surface area (Å²) in [5.74, 6) is 0.583. The van der Waals surface area contributed by atoms with Crippen molar-refractivity contribution in [3.8, 4) is 0 Å². The van der Waals surface area contributed by atoms with E-state index >= 15 is 0 Å². The van der Waals surface area contributed by atoms with Crippen molar-refractivity contribution in [3.63, 3.8) is 0 Å². The van der Waals surface area contributed by atoms with E-state index in [4.69, 9.17) is 17.3 Å². The maximum absolute atomic E-state index is 11.5. The standard InChI is InChI=1S/C15H11ClN3OS/c16-12-8-13(17)19-15(18-12)14(21-20)11-6-5-9-3-1-2-4-10(9)7-11/h1-8,14H,(H2,17,18,19)/q+1. The van der Waals surface area contributed by atoms with E-state index < -0.39 is 5.25 Å². The van der Waals surface area contributed by atoms with Crippen molar-refractivity contribution in [1.29, 1.82) is 0 Å². The number of hydrogen-bond donors (Lipinski definition) is 1. The Labute approximate surface area is 130 Å². The highest BCUT2D eigenvalue weighted by atomic mass is 35.5. The number of rotatable bonds is 3.